The maximum absolute atomic E-state index is 3.81. The Balaban J connectivity index is 1.71. The van der Waals surface area contributed by atoms with Gasteiger partial charge in [-0.1, -0.05) is 73.1 Å². The lowest BCUT2D eigenvalue weighted by molar-refractivity contribution is 0.425. The Kier molecular flexibility index (Phi) is 3.84. The van der Waals surface area contributed by atoms with E-state index in [0.717, 1.165) is 10.9 Å². The summed E-state index contributed by atoms with van der Waals surface area (Å²) in [6.07, 6.45) is 5.89. The minimum Gasteiger partial charge on any atom is -0.378 e. The Morgan fingerprint density at radius 2 is 1.79 bits per heavy atom. The molecule has 0 fully saturated rings. The maximum Gasteiger partial charge on any atom is 0.0553 e. The van der Waals surface area contributed by atoms with E-state index in [4.69, 9.17) is 0 Å². The van der Waals surface area contributed by atoms with E-state index in [0.29, 0.717) is 17.9 Å². The number of halogens is 1. The highest BCUT2D eigenvalue weighted by Crippen LogP contribution is 2.50. The van der Waals surface area contributed by atoms with Crippen molar-refractivity contribution in [3.8, 4) is 0 Å². The molecule has 1 nitrogen and oxygen atoms in total. The predicted octanol–water partition coefficient (Wildman–Crippen LogP) is 6.57. The van der Waals surface area contributed by atoms with Gasteiger partial charge in [-0.3, -0.25) is 0 Å². The Labute approximate surface area is 153 Å². The normalized spacial score (nSPS) is 25.1. The highest BCUT2D eigenvalue weighted by atomic mass is 79.9. The Morgan fingerprint density at radius 1 is 1.04 bits per heavy atom. The minimum atomic E-state index is 0.203. The molecule has 1 aliphatic carbocycles. The number of benzene rings is 2. The number of nitrogens with one attached hydrogen (secondary N) is 1. The second-order valence-electron chi connectivity index (χ2n) is 8.08. The van der Waals surface area contributed by atoms with Crippen LogP contribution in [0.3, 0.4) is 0 Å². The fourth-order valence-electron chi connectivity index (χ4n) is 4.09. The predicted molar refractivity (Wildman–Crippen MR) is 106 cm³/mol. The van der Waals surface area contributed by atoms with E-state index in [1.165, 1.54) is 22.4 Å². The largest absolute Gasteiger partial charge is 0.378 e. The van der Waals surface area contributed by atoms with Gasteiger partial charge in [0.05, 0.1) is 6.04 Å². The third-order valence-corrected chi connectivity index (χ3v) is 5.95. The van der Waals surface area contributed by atoms with Crippen molar-refractivity contribution < 1.29 is 0 Å². The SMILES string of the molecule is CC(C)(C)c1ccc([C@@H]2Nc3ccc(Br)cc3[C@@H]3C=CC[C@H]32)cc1. The molecule has 2 aromatic rings. The van der Waals surface area contributed by atoms with Crippen LogP contribution in [0.2, 0.25) is 0 Å². The van der Waals surface area contributed by atoms with Crippen LogP contribution in [-0.4, -0.2) is 0 Å². The van der Waals surface area contributed by atoms with Crippen molar-refractivity contribution in [3.05, 3.63) is 75.8 Å². The van der Waals surface area contributed by atoms with Crippen molar-refractivity contribution in [1.29, 1.82) is 0 Å². The van der Waals surface area contributed by atoms with Crippen LogP contribution in [0, 0.1) is 5.92 Å². The van der Waals surface area contributed by atoms with Gasteiger partial charge in [0.2, 0.25) is 0 Å². The van der Waals surface area contributed by atoms with Crippen LogP contribution in [0.15, 0.2) is 59.1 Å². The average Bonchev–Trinajstić information content (AvgIpc) is 3.03. The molecule has 4 rings (SSSR count). The number of fused-ring (bicyclic) bond motifs is 3. The highest BCUT2D eigenvalue weighted by molar-refractivity contribution is 9.10. The molecule has 0 saturated carbocycles. The molecule has 0 aromatic heterocycles. The molecule has 0 saturated heterocycles. The first-order valence-corrected chi connectivity index (χ1v) is 9.56. The van der Waals surface area contributed by atoms with Crippen molar-refractivity contribution in [1.82, 2.24) is 0 Å². The smallest absolute Gasteiger partial charge is 0.0553 e. The molecule has 3 atom stereocenters. The number of hydrogen-bond acceptors (Lipinski definition) is 1. The molecule has 0 spiro atoms. The first-order valence-electron chi connectivity index (χ1n) is 8.76. The summed E-state index contributed by atoms with van der Waals surface area (Å²) in [5.74, 6) is 1.12. The van der Waals surface area contributed by atoms with Crippen molar-refractivity contribution in [2.24, 2.45) is 5.92 Å². The van der Waals surface area contributed by atoms with Crippen LogP contribution >= 0.6 is 15.9 Å². The number of rotatable bonds is 1. The molecule has 1 aliphatic heterocycles. The molecule has 0 unspecified atom stereocenters. The average molecular weight is 382 g/mol. The lowest BCUT2D eigenvalue weighted by Crippen LogP contribution is -2.29. The quantitative estimate of drug-likeness (QED) is 0.550. The summed E-state index contributed by atoms with van der Waals surface area (Å²) in [6.45, 7) is 6.81. The molecule has 1 N–H and O–H groups in total. The molecular formula is C22H24BrN. The zero-order chi connectivity index (χ0) is 16.9. The van der Waals surface area contributed by atoms with E-state index in [-0.39, 0.29) is 5.41 Å². The topological polar surface area (TPSA) is 12.0 Å². The van der Waals surface area contributed by atoms with Gasteiger partial charge in [-0.05, 0) is 52.6 Å². The summed E-state index contributed by atoms with van der Waals surface area (Å²) in [5.41, 5.74) is 5.69. The van der Waals surface area contributed by atoms with Gasteiger partial charge in [0.15, 0.2) is 0 Å². The van der Waals surface area contributed by atoms with Gasteiger partial charge in [-0.2, -0.15) is 0 Å². The van der Waals surface area contributed by atoms with E-state index in [1.807, 2.05) is 0 Å². The lowest BCUT2D eigenvalue weighted by Gasteiger charge is -2.37. The van der Waals surface area contributed by atoms with E-state index >= 15 is 0 Å². The lowest BCUT2D eigenvalue weighted by atomic mass is 9.76. The molecule has 124 valence electrons. The molecule has 0 radical (unpaired) electrons. The van der Waals surface area contributed by atoms with Gasteiger partial charge in [0.25, 0.3) is 0 Å². The molecule has 0 bridgehead atoms. The Morgan fingerprint density at radius 3 is 2.50 bits per heavy atom. The summed E-state index contributed by atoms with van der Waals surface area (Å²) < 4.78 is 1.16. The van der Waals surface area contributed by atoms with Crippen LogP contribution in [0.1, 0.15) is 55.8 Å². The number of allylic oxidation sites excluding steroid dienone is 2. The van der Waals surface area contributed by atoms with E-state index in [9.17, 15) is 0 Å². The zero-order valence-electron chi connectivity index (χ0n) is 14.5. The molecule has 24 heavy (non-hydrogen) atoms. The fraction of sp³-hybridized carbons (Fsp3) is 0.364. The Bertz CT molecular complexity index is 783. The van der Waals surface area contributed by atoms with E-state index in [2.05, 4.69) is 96.6 Å². The van der Waals surface area contributed by atoms with E-state index in [1.54, 1.807) is 0 Å². The van der Waals surface area contributed by atoms with Gasteiger partial charge in [0, 0.05) is 16.1 Å². The minimum absolute atomic E-state index is 0.203. The van der Waals surface area contributed by atoms with Crippen LogP contribution in [0.4, 0.5) is 5.69 Å². The van der Waals surface area contributed by atoms with Crippen LogP contribution in [0.5, 0.6) is 0 Å². The number of hydrogen-bond donors (Lipinski definition) is 1. The summed E-state index contributed by atoms with van der Waals surface area (Å²) in [5, 5.41) is 3.81. The van der Waals surface area contributed by atoms with Gasteiger partial charge in [-0.15, -0.1) is 0 Å². The summed E-state index contributed by atoms with van der Waals surface area (Å²) >= 11 is 3.62. The first kappa shape index (κ1) is 16.0. The van der Waals surface area contributed by atoms with Gasteiger partial charge >= 0.3 is 0 Å². The fourth-order valence-corrected chi connectivity index (χ4v) is 4.46. The van der Waals surface area contributed by atoms with Gasteiger partial charge in [0.1, 0.15) is 0 Å². The van der Waals surface area contributed by atoms with Crippen molar-refractivity contribution in [2.45, 2.75) is 44.6 Å². The second kappa shape index (κ2) is 5.77. The summed E-state index contributed by atoms with van der Waals surface area (Å²) in [4.78, 5) is 0. The molecule has 1 heterocycles. The monoisotopic (exact) mass is 381 g/mol. The van der Waals surface area contributed by atoms with Crippen molar-refractivity contribution >= 4 is 21.6 Å². The third kappa shape index (κ3) is 2.71. The Hall–Kier alpha value is -1.54. The standard InChI is InChI=1S/C22H24BrN/c1-22(2,3)15-9-7-14(8-10-15)21-18-6-4-5-17(18)19-13-16(23)11-12-20(19)24-21/h4-5,7-13,17-18,21,24H,6H2,1-3H3/t17-,18-,21+/m1/s1. The highest BCUT2D eigenvalue weighted by Gasteiger charge is 2.37. The number of anilines is 1. The van der Waals surface area contributed by atoms with Crippen molar-refractivity contribution in [2.75, 3.05) is 5.32 Å². The summed E-state index contributed by atoms with van der Waals surface area (Å²) in [6, 6.07) is 16.2. The molecule has 2 aromatic carbocycles. The summed E-state index contributed by atoms with van der Waals surface area (Å²) in [7, 11) is 0. The first-order chi connectivity index (χ1) is 11.4. The zero-order valence-corrected chi connectivity index (χ0v) is 16.1. The molecule has 0 amide bonds. The van der Waals surface area contributed by atoms with Crippen LogP contribution in [0.25, 0.3) is 0 Å². The maximum atomic E-state index is 3.81. The molecular weight excluding hydrogens is 358 g/mol. The van der Waals surface area contributed by atoms with Gasteiger partial charge < -0.3 is 5.32 Å². The van der Waals surface area contributed by atoms with Crippen LogP contribution in [-0.2, 0) is 5.41 Å². The van der Waals surface area contributed by atoms with Crippen LogP contribution < -0.4 is 5.32 Å². The van der Waals surface area contributed by atoms with Gasteiger partial charge in [-0.25, -0.2) is 0 Å². The molecule has 2 aliphatic rings. The second-order valence-corrected chi connectivity index (χ2v) is 8.99. The van der Waals surface area contributed by atoms with Crippen molar-refractivity contribution in [3.63, 3.8) is 0 Å². The third-order valence-electron chi connectivity index (χ3n) is 5.46. The van der Waals surface area contributed by atoms with E-state index < -0.39 is 0 Å². The molecule has 2 heteroatoms.